The summed E-state index contributed by atoms with van der Waals surface area (Å²) in [5.41, 5.74) is 0. The zero-order valence-electron chi connectivity index (χ0n) is 3.62. The number of rotatable bonds is 0. The predicted octanol–water partition coefficient (Wildman–Crippen LogP) is -0.334. The zero-order chi connectivity index (χ0) is 4.41. The van der Waals surface area contributed by atoms with E-state index in [0.717, 1.165) is 0 Å². The fourth-order valence-electron chi connectivity index (χ4n) is 0.593. The van der Waals surface area contributed by atoms with Crippen LogP contribution in [0.25, 0.3) is 0 Å². The van der Waals surface area contributed by atoms with E-state index in [4.69, 9.17) is 0 Å². The SMILES string of the molecule is [BiH]=[C]1CC[CH2][BiH]1. The average Bonchev–Trinajstić information content (AvgIpc) is 1.86. The molecule has 0 aliphatic carbocycles. The third kappa shape index (κ3) is 1.62. The minimum absolute atomic E-state index is 0.0386. The predicted molar refractivity (Wildman–Crippen MR) is 33.3 cm³/mol. The first kappa shape index (κ1) is 5.77. The molecule has 6 heavy (non-hydrogen) atoms. The summed E-state index contributed by atoms with van der Waals surface area (Å²) in [6, 6.07) is 0. The van der Waals surface area contributed by atoms with E-state index in [9.17, 15) is 0 Å². The van der Waals surface area contributed by atoms with Gasteiger partial charge in [0.15, 0.2) is 0 Å². The Hall–Kier alpha value is 1.64. The van der Waals surface area contributed by atoms with Crippen molar-refractivity contribution < 1.29 is 0 Å². The van der Waals surface area contributed by atoms with Crippen LogP contribution in [0.2, 0.25) is 4.13 Å². The number of hydrogen-bond donors (Lipinski definition) is 0. The number of hydrogen-bond acceptors (Lipinski definition) is 0. The Morgan fingerprint density at radius 3 is 2.67 bits per heavy atom. The molecule has 1 heterocycles. The Bertz CT molecular complexity index is 59.9. The summed E-state index contributed by atoms with van der Waals surface area (Å²) >= 11 is 1.49. The first-order valence-electron chi connectivity index (χ1n) is 2.21. The van der Waals surface area contributed by atoms with E-state index in [2.05, 4.69) is 0 Å². The van der Waals surface area contributed by atoms with E-state index in [1.54, 1.807) is 17.0 Å². The Balaban J connectivity index is 2.37. The van der Waals surface area contributed by atoms with Gasteiger partial charge in [0.2, 0.25) is 0 Å². The fourth-order valence-corrected chi connectivity index (χ4v) is 9.47. The Kier molecular flexibility index (Phi) is 2.72. The standard InChI is InChI=1S/C4H6.2Bi.2H/c1-3-4-2;;;;/h1,3-4H2;;;;. The van der Waals surface area contributed by atoms with Crippen molar-refractivity contribution in [2.24, 2.45) is 0 Å². The van der Waals surface area contributed by atoms with E-state index < -0.39 is 0 Å². The zero-order valence-corrected chi connectivity index (χ0v) is 11.4. The van der Waals surface area contributed by atoms with Gasteiger partial charge in [-0.15, -0.1) is 0 Å². The third-order valence-electron chi connectivity index (χ3n) is 0.942. The van der Waals surface area contributed by atoms with Gasteiger partial charge < -0.3 is 0 Å². The fraction of sp³-hybridized carbons (Fsp3) is 0.750. The van der Waals surface area contributed by atoms with Crippen LogP contribution in [-0.4, -0.2) is 48.4 Å². The molecule has 0 atom stereocenters. The van der Waals surface area contributed by atoms with Gasteiger partial charge in [-0.2, -0.15) is 0 Å². The van der Waals surface area contributed by atoms with Crippen LogP contribution < -0.4 is 0 Å². The Morgan fingerprint density at radius 2 is 2.50 bits per heavy atom. The first-order valence-corrected chi connectivity index (χ1v) is 8.84. The Morgan fingerprint density at radius 1 is 1.67 bits per heavy atom. The van der Waals surface area contributed by atoms with Crippen LogP contribution in [0, 0.1) is 0 Å². The maximum atomic E-state index is 2.04. The van der Waals surface area contributed by atoms with E-state index in [0.29, 0.717) is 0 Å². The molecule has 0 aromatic rings. The summed E-state index contributed by atoms with van der Waals surface area (Å²) in [5.74, 6) is 0. The monoisotopic (exact) mass is 474 g/mol. The average molecular weight is 474 g/mol. The van der Waals surface area contributed by atoms with Crippen LogP contribution in [0.4, 0.5) is 0 Å². The molecule has 2 heteroatoms. The molecule has 0 aromatic carbocycles. The van der Waals surface area contributed by atoms with Crippen molar-refractivity contribution in [2.75, 3.05) is 0 Å². The molecule has 1 aliphatic heterocycles. The van der Waals surface area contributed by atoms with Crippen molar-refractivity contribution in [1.29, 1.82) is 0 Å². The van der Waals surface area contributed by atoms with Gasteiger partial charge in [0, 0.05) is 0 Å². The molecule has 0 nitrogen and oxygen atoms in total. The van der Waals surface area contributed by atoms with Gasteiger partial charge in [-0.05, 0) is 0 Å². The second kappa shape index (κ2) is 2.83. The van der Waals surface area contributed by atoms with Gasteiger partial charge in [0.1, 0.15) is 0 Å². The summed E-state index contributed by atoms with van der Waals surface area (Å²) < 4.78 is 3.72. The molecule has 1 aliphatic rings. The molecule has 0 aromatic heterocycles. The van der Waals surface area contributed by atoms with Crippen LogP contribution in [-0.2, 0) is 0 Å². The van der Waals surface area contributed by atoms with Gasteiger partial charge in [0.05, 0.1) is 0 Å². The molecule has 1 saturated heterocycles. The third-order valence-corrected chi connectivity index (χ3v) is 12.9. The quantitative estimate of drug-likeness (QED) is 0.423. The van der Waals surface area contributed by atoms with Crippen molar-refractivity contribution >= 4 is 48.4 Å². The first-order chi connectivity index (χ1) is 2.89. The van der Waals surface area contributed by atoms with Crippen LogP contribution >= 0.6 is 0 Å². The van der Waals surface area contributed by atoms with Crippen molar-refractivity contribution in [2.45, 2.75) is 17.0 Å². The van der Waals surface area contributed by atoms with E-state index in [1.807, 2.05) is 0.914 Å². The molecular weight excluding hydrogens is 466 g/mol. The topological polar surface area (TPSA) is 0 Å². The molecule has 1 fully saturated rings. The van der Waals surface area contributed by atoms with Crippen LogP contribution in [0.15, 0.2) is 0 Å². The molecule has 34 valence electrons. The van der Waals surface area contributed by atoms with Crippen molar-refractivity contribution in [3.8, 4) is 0 Å². The van der Waals surface area contributed by atoms with Crippen molar-refractivity contribution in [3.05, 3.63) is 0 Å². The Labute approximate surface area is 64.6 Å². The molecule has 0 spiro atoms. The van der Waals surface area contributed by atoms with Gasteiger partial charge in [-0.1, -0.05) is 0 Å². The van der Waals surface area contributed by atoms with Crippen LogP contribution in [0.1, 0.15) is 12.8 Å². The van der Waals surface area contributed by atoms with Gasteiger partial charge in [0.25, 0.3) is 0 Å². The second-order valence-corrected chi connectivity index (χ2v) is 17.1. The van der Waals surface area contributed by atoms with Crippen LogP contribution in [0.3, 0.4) is 0 Å². The van der Waals surface area contributed by atoms with Crippen LogP contribution in [0.5, 0.6) is 0 Å². The van der Waals surface area contributed by atoms with Crippen molar-refractivity contribution in [3.63, 3.8) is 0 Å². The molecule has 1 rings (SSSR count). The summed E-state index contributed by atoms with van der Waals surface area (Å²) in [5, 5.41) is 0. The molecule has 0 radical (unpaired) electrons. The maximum absolute atomic E-state index is 2.04. The van der Waals surface area contributed by atoms with Crippen molar-refractivity contribution in [1.82, 2.24) is 0 Å². The molecular formula is C4H8Bi2. The molecule has 0 N–H and O–H groups in total. The van der Waals surface area contributed by atoms with E-state index in [1.165, 1.54) is 24.2 Å². The molecule has 0 amide bonds. The van der Waals surface area contributed by atoms with Gasteiger partial charge in [-0.25, -0.2) is 0 Å². The van der Waals surface area contributed by atoms with E-state index >= 15 is 0 Å². The van der Waals surface area contributed by atoms with Gasteiger partial charge in [-0.3, -0.25) is 0 Å². The molecule has 0 saturated carbocycles. The summed E-state index contributed by atoms with van der Waals surface area (Å²) in [6.07, 6.45) is 3.12. The second-order valence-electron chi connectivity index (χ2n) is 1.51. The molecule has 0 bridgehead atoms. The summed E-state index contributed by atoms with van der Waals surface area (Å²) in [6.45, 7) is 0. The molecule has 0 unspecified atom stereocenters. The summed E-state index contributed by atoms with van der Waals surface area (Å²) in [4.78, 5) is 0. The minimum atomic E-state index is 0.0386. The van der Waals surface area contributed by atoms with E-state index in [-0.39, 0.29) is 23.2 Å². The normalized spacial score (nSPS) is 22.3. The summed E-state index contributed by atoms with van der Waals surface area (Å²) in [7, 11) is 0. The van der Waals surface area contributed by atoms with Gasteiger partial charge >= 0.3 is 65.4 Å².